The van der Waals surface area contributed by atoms with Crippen LogP contribution < -0.4 is 5.73 Å². The molecule has 54 valence electrons. The molecule has 0 aliphatic heterocycles. The van der Waals surface area contributed by atoms with Gasteiger partial charge in [-0.25, -0.2) is 0 Å². The van der Waals surface area contributed by atoms with Crippen LogP contribution in [-0.4, -0.2) is 24.8 Å². The van der Waals surface area contributed by atoms with Crippen molar-refractivity contribution in [2.24, 2.45) is 5.73 Å². The zero-order chi connectivity index (χ0) is 7.28. The molecule has 0 aliphatic carbocycles. The van der Waals surface area contributed by atoms with E-state index >= 15 is 0 Å². The van der Waals surface area contributed by atoms with Crippen molar-refractivity contribution in [2.45, 2.75) is 13.0 Å². The van der Waals surface area contributed by atoms with E-state index < -0.39 is 6.04 Å². The van der Waals surface area contributed by atoms with Crippen LogP contribution in [0.3, 0.4) is 0 Å². The van der Waals surface area contributed by atoms with Gasteiger partial charge in [-0.05, 0) is 13.1 Å². The third-order valence-electron chi connectivity index (χ3n) is 0.843. The fourth-order valence-corrected chi connectivity index (χ4v) is 0.538. The Bertz CT molecular complexity index is 97.0. The number of hydrogen-bond donors (Lipinski definition) is 1. The lowest BCUT2D eigenvalue weighted by Crippen LogP contribution is -2.33. The predicted octanol–water partition coefficient (Wildman–Crippen LogP) is -0.248. The van der Waals surface area contributed by atoms with Gasteiger partial charge in [0.05, 0.1) is 6.61 Å². The molecule has 0 saturated heterocycles. The summed E-state index contributed by atoms with van der Waals surface area (Å²) in [5.41, 5.74) is 5.31. The van der Waals surface area contributed by atoms with E-state index in [4.69, 9.17) is 5.73 Å². The fraction of sp³-hybridized carbons (Fsp3) is 0.800. The van der Waals surface area contributed by atoms with Crippen molar-refractivity contribution >= 4 is 15.2 Å². The molecule has 3 nitrogen and oxygen atoms in total. The summed E-state index contributed by atoms with van der Waals surface area (Å²) in [5, 5.41) is 0. The lowest BCUT2D eigenvalue weighted by Gasteiger charge is -2.05. The Morgan fingerprint density at radius 3 is 2.78 bits per heavy atom. The van der Waals surface area contributed by atoms with Gasteiger partial charge in [-0.3, -0.25) is 4.79 Å². The van der Waals surface area contributed by atoms with Crippen molar-refractivity contribution < 1.29 is 9.53 Å². The first-order chi connectivity index (χ1) is 4.22. The first kappa shape index (κ1) is 8.86. The van der Waals surface area contributed by atoms with Gasteiger partial charge >= 0.3 is 5.97 Å². The number of carbonyl (C=O) groups excluding carboxylic acids is 1. The minimum absolute atomic E-state index is 0.326. The van der Waals surface area contributed by atoms with Crippen LogP contribution in [0.4, 0.5) is 0 Å². The summed E-state index contributed by atoms with van der Waals surface area (Å²) >= 11 is 0. The predicted molar refractivity (Wildman–Crippen MR) is 39.2 cm³/mol. The Labute approximate surface area is 57.1 Å². The molecule has 0 spiro atoms. The molecule has 0 amide bonds. The van der Waals surface area contributed by atoms with Crippen molar-refractivity contribution in [3.05, 3.63) is 0 Å². The molecular weight excluding hydrogens is 137 g/mol. The number of carbonyl (C=O) groups is 1. The first-order valence-electron chi connectivity index (χ1n) is 2.84. The molecule has 1 unspecified atom stereocenters. The molecule has 0 aromatic rings. The van der Waals surface area contributed by atoms with Crippen molar-refractivity contribution in [3.8, 4) is 0 Å². The first-order valence-corrected chi connectivity index (χ1v) is 3.66. The molecule has 0 fully saturated rings. The lowest BCUT2D eigenvalue weighted by molar-refractivity contribution is -0.144. The number of esters is 1. The fourth-order valence-electron chi connectivity index (χ4n) is 0.346. The van der Waals surface area contributed by atoms with Gasteiger partial charge in [-0.1, -0.05) is 0 Å². The van der Waals surface area contributed by atoms with Crippen molar-refractivity contribution in [1.29, 1.82) is 0 Å². The molecule has 2 atom stereocenters. The summed E-state index contributed by atoms with van der Waals surface area (Å²) in [5.74, 6) is -0.326. The monoisotopic (exact) mass is 149 g/mol. The quantitative estimate of drug-likeness (QED) is 0.444. The van der Waals surface area contributed by atoms with Crippen LogP contribution in [0, 0.1) is 0 Å². The van der Waals surface area contributed by atoms with E-state index in [9.17, 15) is 4.79 Å². The molecule has 2 N–H and O–H groups in total. The Morgan fingerprint density at radius 2 is 2.44 bits per heavy atom. The Morgan fingerprint density at radius 1 is 1.89 bits per heavy atom. The molecule has 9 heavy (non-hydrogen) atoms. The molecule has 0 rings (SSSR count). The van der Waals surface area contributed by atoms with Gasteiger partial charge in [0.2, 0.25) is 0 Å². The van der Waals surface area contributed by atoms with Gasteiger partial charge in [0.15, 0.2) is 0 Å². The molecule has 4 heteroatoms. The number of ether oxygens (including phenoxy) is 1. The number of hydrogen-bond acceptors (Lipinski definition) is 3. The second-order valence-corrected chi connectivity index (χ2v) is 2.07. The van der Waals surface area contributed by atoms with Gasteiger partial charge in [-0.2, -0.15) is 0 Å². The van der Waals surface area contributed by atoms with E-state index in [1.54, 1.807) is 6.92 Å². The van der Waals surface area contributed by atoms with Gasteiger partial charge in [-0.15, -0.1) is 9.24 Å². The Balaban J connectivity index is 3.46. The number of rotatable bonds is 3. The van der Waals surface area contributed by atoms with Gasteiger partial charge in [0.1, 0.15) is 6.04 Å². The maximum atomic E-state index is 10.6. The molecular formula is C5H12NO2P. The Hall–Kier alpha value is -0.140. The highest BCUT2D eigenvalue weighted by atomic mass is 31.0. The summed E-state index contributed by atoms with van der Waals surface area (Å²) in [6.07, 6.45) is 0.554. The summed E-state index contributed by atoms with van der Waals surface area (Å²) in [6.45, 7) is 2.16. The highest BCUT2D eigenvalue weighted by molar-refractivity contribution is 7.16. The van der Waals surface area contributed by atoms with Crippen LogP contribution in [0.5, 0.6) is 0 Å². The summed E-state index contributed by atoms with van der Waals surface area (Å²) < 4.78 is 4.62. The largest absolute Gasteiger partial charge is 0.465 e. The SMILES string of the molecule is CCOC(=O)[C@@H](N)CP. The van der Waals surface area contributed by atoms with Crippen molar-refractivity contribution in [3.63, 3.8) is 0 Å². The Kier molecular flexibility index (Phi) is 4.64. The molecule has 0 aliphatic rings. The topological polar surface area (TPSA) is 52.3 Å². The summed E-state index contributed by atoms with van der Waals surface area (Å²) in [6, 6.07) is -0.477. The summed E-state index contributed by atoms with van der Waals surface area (Å²) in [4.78, 5) is 10.6. The van der Waals surface area contributed by atoms with Gasteiger partial charge < -0.3 is 10.5 Å². The highest BCUT2D eigenvalue weighted by Gasteiger charge is 2.10. The summed E-state index contributed by atoms with van der Waals surface area (Å²) in [7, 11) is 2.39. The van der Waals surface area contributed by atoms with Crippen LogP contribution in [0.25, 0.3) is 0 Å². The zero-order valence-electron chi connectivity index (χ0n) is 5.46. The van der Waals surface area contributed by atoms with E-state index in [-0.39, 0.29) is 5.97 Å². The van der Waals surface area contributed by atoms with E-state index in [0.29, 0.717) is 12.8 Å². The third kappa shape index (κ3) is 3.44. The van der Waals surface area contributed by atoms with E-state index in [1.807, 2.05) is 0 Å². The van der Waals surface area contributed by atoms with Gasteiger partial charge in [0, 0.05) is 0 Å². The average molecular weight is 149 g/mol. The molecule has 0 aromatic carbocycles. The maximum absolute atomic E-state index is 10.6. The zero-order valence-corrected chi connectivity index (χ0v) is 6.62. The van der Waals surface area contributed by atoms with E-state index in [2.05, 4.69) is 14.0 Å². The van der Waals surface area contributed by atoms with E-state index in [1.165, 1.54) is 0 Å². The van der Waals surface area contributed by atoms with Crippen LogP contribution in [-0.2, 0) is 9.53 Å². The normalized spacial score (nSPS) is 12.8. The van der Waals surface area contributed by atoms with Crippen molar-refractivity contribution in [1.82, 2.24) is 0 Å². The van der Waals surface area contributed by atoms with Crippen LogP contribution >= 0.6 is 9.24 Å². The van der Waals surface area contributed by atoms with E-state index in [0.717, 1.165) is 0 Å². The molecule has 0 heterocycles. The van der Waals surface area contributed by atoms with Crippen molar-refractivity contribution in [2.75, 3.05) is 12.8 Å². The molecule has 0 saturated carbocycles. The third-order valence-corrected chi connectivity index (χ3v) is 1.35. The smallest absolute Gasteiger partial charge is 0.323 e. The molecule has 0 radical (unpaired) electrons. The number of nitrogens with two attached hydrogens (primary N) is 1. The standard InChI is InChI=1S/C5H12NO2P/c1-2-8-5(7)4(6)3-9/h4H,2-3,6,9H2,1H3/t4-/m0/s1. The minimum atomic E-state index is -0.477. The molecule has 0 bridgehead atoms. The molecule has 0 aromatic heterocycles. The maximum Gasteiger partial charge on any atom is 0.323 e. The van der Waals surface area contributed by atoms with Crippen LogP contribution in [0.1, 0.15) is 6.92 Å². The lowest BCUT2D eigenvalue weighted by atomic mass is 10.4. The highest BCUT2D eigenvalue weighted by Crippen LogP contribution is 1.90. The van der Waals surface area contributed by atoms with Crippen LogP contribution in [0.15, 0.2) is 0 Å². The van der Waals surface area contributed by atoms with Gasteiger partial charge in [0.25, 0.3) is 0 Å². The second-order valence-electron chi connectivity index (χ2n) is 1.59. The van der Waals surface area contributed by atoms with Crippen LogP contribution in [0.2, 0.25) is 0 Å². The minimum Gasteiger partial charge on any atom is -0.465 e. The average Bonchev–Trinajstić information content (AvgIpc) is 1.87. The second kappa shape index (κ2) is 4.71.